The third kappa shape index (κ3) is 13.0. The van der Waals surface area contributed by atoms with Crippen LogP contribution in [0.4, 0.5) is 0 Å². The number of amides is 1. The molecule has 0 radical (unpaired) electrons. The van der Waals surface area contributed by atoms with Gasteiger partial charge < -0.3 is 44.5 Å². The molecule has 1 aromatic heterocycles. The summed E-state index contributed by atoms with van der Waals surface area (Å²) in [5.41, 5.74) is -0.403. The summed E-state index contributed by atoms with van der Waals surface area (Å²) in [4.78, 5) is 38.4. The highest BCUT2D eigenvalue weighted by molar-refractivity contribution is 6.09. The molecule has 0 spiro atoms. The summed E-state index contributed by atoms with van der Waals surface area (Å²) in [6.45, 7) is 13.1. The second kappa shape index (κ2) is 23.1. The molecule has 12 heteroatoms. The Balaban J connectivity index is 1.98. The number of carbonyl (C=O) groups is 2. The zero-order valence-corrected chi connectivity index (χ0v) is 35.1. The first-order valence-electron chi connectivity index (χ1n) is 19.3. The number of aromatic hydroxyl groups is 1. The molecule has 1 aromatic rings. The Morgan fingerprint density at radius 3 is 2.35 bits per heavy atom. The van der Waals surface area contributed by atoms with E-state index in [0.29, 0.717) is 6.42 Å². The standard InChI is InChI=1S/C45H64N2O10/c1-11-13-17-25-37-44(6,7)36(50)29-45(56-10,57-37)33(12-2)42(53)46-27-21-20-23-31(4)41(55-9)32(5)40(52)35(49)24-19-16-14-15-18-22-30(3)39(51)38-34(48)26-28-47(8)43(38)54/h11,13-26,28,32-33,35-37,40-41,48-50,52H,12,27,29H2,1-10H3,(H,46,53)/b13-11+,16-14+,18-15+,21-20+,24-19+,25-17+,30-22+,31-23+/t32-,33+,35+,36-,37-,40-,41+,45-/m0/s1. The molecule has 314 valence electrons. The lowest BCUT2D eigenvalue weighted by Gasteiger charge is -2.52. The van der Waals surface area contributed by atoms with Gasteiger partial charge in [0.2, 0.25) is 5.91 Å². The van der Waals surface area contributed by atoms with Gasteiger partial charge in [0.1, 0.15) is 11.3 Å². The van der Waals surface area contributed by atoms with E-state index < -0.39 is 64.9 Å². The number of hydrogen-bond donors (Lipinski definition) is 5. The molecule has 0 saturated carbocycles. The van der Waals surface area contributed by atoms with Crippen LogP contribution in [-0.4, -0.2) is 93.8 Å². The molecule has 0 aliphatic carbocycles. The van der Waals surface area contributed by atoms with E-state index in [4.69, 9.17) is 14.2 Å². The van der Waals surface area contributed by atoms with Crippen molar-refractivity contribution in [3.63, 3.8) is 0 Å². The largest absolute Gasteiger partial charge is 0.507 e. The third-order valence-electron chi connectivity index (χ3n) is 10.5. The molecule has 57 heavy (non-hydrogen) atoms. The smallest absolute Gasteiger partial charge is 0.265 e. The SMILES string of the molecule is C/C=C/C=C/[C@@H]1O[C@](OC)([C@H](CC)C(=O)NC/C=C/C=C(\C)[C@@H](OC)[C@@H](C)[C@H](O)[C@H](O)/C=C/C=C/C=C/C=C(\C)C(=O)c2c(O)ccn(C)c2=O)C[C@H](O)C1(C)C. The topological polar surface area (TPSA) is 177 Å². The summed E-state index contributed by atoms with van der Waals surface area (Å²) in [6.07, 6.45) is 21.9. The molecule has 0 bridgehead atoms. The Hall–Kier alpha value is -4.43. The lowest BCUT2D eigenvalue weighted by Crippen LogP contribution is -2.61. The highest BCUT2D eigenvalue weighted by atomic mass is 16.7. The maximum Gasteiger partial charge on any atom is 0.265 e. The van der Waals surface area contributed by atoms with Crippen LogP contribution in [0.1, 0.15) is 71.7 Å². The molecule has 12 nitrogen and oxygen atoms in total. The maximum absolute atomic E-state index is 13.5. The van der Waals surface area contributed by atoms with Gasteiger partial charge in [-0.2, -0.15) is 0 Å². The molecular formula is C45H64N2O10. The van der Waals surface area contributed by atoms with Crippen LogP contribution in [-0.2, 0) is 26.1 Å². The van der Waals surface area contributed by atoms with Gasteiger partial charge in [0.05, 0.1) is 36.4 Å². The fourth-order valence-corrected chi connectivity index (χ4v) is 6.66. The Labute approximate surface area is 337 Å². The van der Waals surface area contributed by atoms with Gasteiger partial charge in [-0.3, -0.25) is 14.4 Å². The van der Waals surface area contributed by atoms with Crippen molar-refractivity contribution in [2.45, 2.75) is 97.6 Å². The average Bonchev–Trinajstić information content (AvgIpc) is 3.17. The number of carbonyl (C=O) groups excluding carboxylic acids is 2. The number of nitrogens with zero attached hydrogens (tertiary/aromatic N) is 1. The van der Waals surface area contributed by atoms with Crippen LogP contribution in [0.2, 0.25) is 0 Å². The number of methoxy groups -OCH3 is 2. The summed E-state index contributed by atoms with van der Waals surface area (Å²) in [5, 5.41) is 45.7. The lowest BCUT2D eigenvalue weighted by molar-refractivity contribution is -0.324. The number of Topliss-reactive ketones (excluding diaryl/α,β-unsaturated/α-hetero) is 1. The highest BCUT2D eigenvalue weighted by Gasteiger charge is 2.55. The van der Waals surface area contributed by atoms with Gasteiger partial charge in [0.25, 0.3) is 5.56 Å². The van der Waals surface area contributed by atoms with Crippen LogP contribution < -0.4 is 10.9 Å². The Bertz CT molecular complexity index is 1800. The summed E-state index contributed by atoms with van der Waals surface area (Å²) < 4.78 is 19.3. The number of aliphatic hydroxyl groups excluding tert-OH is 3. The van der Waals surface area contributed by atoms with Gasteiger partial charge >= 0.3 is 0 Å². The minimum atomic E-state index is -1.31. The molecule has 2 heterocycles. The number of aromatic nitrogens is 1. The molecule has 8 atom stereocenters. The van der Waals surface area contributed by atoms with Crippen LogP contribution in [0.15, 0.2) is 113 Å². The van der Waals surface area contributed by atoms with Crippen molar-refractivity contribution >= 4 is 11.7 Å². The number of hydrogen-bond acceptors (Lipinski definition) is 10. The lowest BCUT2D eigenvalue weighted by atomic mass is 9.72. The average molecular weight is 793 g/mol. The zero-order valence-electron chi connectivity index (χ0n) is 35.1. The van der Waals surface area contributed by atoms with E-state index in [9.17, 15) is 34.8 Å². The first-order chi connectivity index (χ1) is 26.9. The molecule has 5 N–H and O–H groups in total. The number of allylic oxidation sites excluding steroid dienone is 12. The number of ether oxygens (including phenoxy) is 3. The van der Waals surface area contributed by atoms with Crippen molar-refractivity contribution < 1.29 is 44.2 Å². The number of nitrogens with one attached hydrogen (secondary N) is 1. The second-order valence-electron chi connectivity index (χ2n) is 14.9. The first kappa shape index (κ1) is 48.7. The maximum atomic E-state index is 13.5. The van der Waals surface area contributed by atoms with Gasteiger partial charge in [-0.05, 0) is 44.4 Å². The van der Waals surface area contributed by atoms with E-state index in [2.05, 4.69) is 5.32 Å². The van der Waals surface area contributed by atoms with Crippen LogP contribution in [0.5, 0.6) is 5.75 Å². The van der Waals surface area contributed by atoms with Crippen LogP contribution in [0, 0.1) is 17.3 Å². The molecule has 1 aliphatic rings. The van der Waals surface area contributed by atoms with Crippen molar-refractivity contribution in [1.29, 1.82) is 0 Å². The molecule has 0 unspecified atom stereocenters. The quantitative estimate of drug-likeness (QED) is 0.0639. The molecular weight excluding hydrogens is 728 g/mol. The molecule has 1 amide bonds. The van der Waals surface area contributed by atoms with E-state index in [1.165, 1.54) is 50.2 Å². The third-order valence-corrected chi connectivity index (χ3v) is 10.5. The molecule has 2 rings (SSSR count). The van der Waals surface area contributed by atoms with Crippen molar-refractivity contribution in [1.82, 2.24) is 9.88 Å². The summed E-state index contributed by atoms with van der Waals surface area (Å²) in [5.74, 6) is -3.68. The number of aryl methyl sites for hydroxylation is 1. The minimum Gasteiger partial charge on any atom is -0.507 e. The molecule has 1 fully saturated rings. The predicted molar refractivity (Wildman–Crippen MR) is 223 cm³/mol. The van der Waals surface area contributed by atoms with Gasteiger partial charge in [-0.25, -0.2) is 0 Å². The van der Waals surface area contributed by atoms with Crippen molar-refractivity contribution in [2.24, 2.45) is 24.3 Å². The highest BCUT2D eigenvalue weighted by Crippen LogP contribution is 2.46. The van der Waals surface area contributed by atoms with Crippen molar-refractivity contribution in [2.75, 3.05) is 20.8 Å². The number of pyridine rings is 1. The first-order valence-corrected chi connectivity index (χ1v) is 19.3. The zero-order chi connectivity index (χ0) is 42.9. The van der Waals surface area contributed by atoms with Crippen molar-refractivity contribution in [3.8, 4) is 5.75 Å². The van der Waals surface area contributed by atoms with Gasteiger partial charge in [-0.1, -0.05) is 113 Å². The van der Waals surface area contributed by atoms with Gasteiger partial charge in [0.15, 0.2) is 11.6 Å². The molecule has 1 saturated heterocycles. The van der Waals surface area contributed by atoms with E-state index in [-0.39, 0.29) is 35.8 Å². The van der Waals surface area contributed by atoms with E-state index in [1.807, 2.05) is 65.0 Å². The Morgan fingerprint density at radius 2 is 1.72 bits per heavy atom. The van der Waals surface area contributed by atoms with E-state index >= 15 is 0 Å². The monoisotopic (exact) mass is 792 g/mol. The van der Waals surface area contributed by atoms with Crippen molar-refractivity contribution in [3.05, 3.63) is 124 Å². The molecule has 0 aromatic carbocycles. The number of aliphatic hydroxyl groups is 3. The Kier molecular flexibility index (Phi) is 19.7. The van der Waals surface area contributed by atoms with Crippen LogP contribution in [0.25, 0.3) is 0 Å². The fraction of sp³-hybridized carbons (Fsp3) is 0.489. The molecule has 1 aliphatic heterocycles. The van der Waals surface area contributed by atoms with E-state index in [1.54, 1.807) is 56.4 Å². The minimum absolute atomic E-state index is 0.145. The summed E-state index contributed by atoms with van der Waals surface area (Å²) in [7, 11) is 4.52. The normalized spacial score (nSPS) is 23.6. The number of ketones is 1. The van der Waals surface area contributed by atoms with Gasteiger partial charge in [-0.15, -0.1) is 0 Å². The van der Waals surface area contributed by atoms with Crippen LogP contribution in [0.3, 0.4) is 0 Å². The van der Waals surface area contributed by atoms with E-state index in [0.717, 1.165) is 5.57 Å². The second-order valence-corrected chi connectivity index (χ2v) is 14.9. The van der Waals surface area contributed by atoms with Crippen LogP contribution >= 0.6 is 0 Å². The van der Waals surface area contributed by atoms with Gasteiger partial charge in [0, 0.05) is 51.8 Å². The summed E-state index contributed by atoms with van der Waals surface area (Å²) >= 11 is 0. The number of rotatable bonds is 20. The predicted octanol–water partition coefficient (Wildman–Crippen LogP) is 5.56. The fourth-order valence-electron chi connectivity index (χ4n) is 6.66. The Morgan fingerprint density at radius 1 is 1.05 bits per heavy atom. The summed E-state index contributed by atoms with van der Waals surface area (Å²) in [6, 6.07) is 1.29.